The first-order valence-electron chi connectivity index (χ1n) is 10.0. The molecule has 1 aliphatic rings. The number of nitrogens with zero attached hydrogens (tertiary/aromatic N) is 3. The number of halogens is 1. The molecule has 0 radical (unpaired) electrons. The maximum absolute atomic E-state index is 12.8. The highest BCUT2D eigenvalue weighted by molar-refractivity contribution is 7.89. The van der Waals surface area contributed by atoms with Crippen LogP contribution in [0.15, 0.2) is 66.1 Å². The van der Waals surface area contributed by atoms with E-state index in [1.807, 2.05) is 35.0 Å². The monoisotopic (exact) mass is 458 g/mol. The summed E-state index contributed by atoms with van der Waals surface area (Å²) in [6.45, 7) is 2.04. The summed E-state index contributed by atoms with van der Waals surface area (Å²) in [4.78, 5) is 16.8. The zero-order valence-corrected chi connectivity index (χ0v) is 18.4. The van der Waals surface area contributed by atoms with E-state index in [-0.39, 0.29) is 15.5 Å². The van der Waals surface area contributed by atoms with Crippen LogP contribution in [0.4, 0.5) is 0 Å². The summed E-state index contributed by atoms with van der Waals surface area (Å²) in [6, 6.07) is 12.2. The van der Waals surface area contributed by atoms with Gasteiger partial charge >= 0.3 is 0 Å². The predicted octanol–water partition coefficient (Wildman–Crippen LogP) is 3.30. The summed E-state index contributed by atoms with van der Waals surface area (Å²) >= 11 is 6.19. The zero-order valence-electron chi connectivity index (χ0n) is 16.9. The molecule has 31 heavy (non-hydrogen) atoms. The van der Waals surface area contributed by atoms with E-state index in [1.165, 1.54) is 22.5 Å². The number of rotatable bonds is 7. The van der Waals surface area contributed by atoms with Gasteiger partial charge in [0.05, 0.1) is 21.8 Å². The highest BCUT2D eigenvalue weighted by atomic mass is 35.5. The van der Waals surface area contributed by atoms with Crippen molar-refractivity contribution in [3.63, 3.8) is 0 Å². The Morgan fingerprint density at radius 3 is 2.45 bits per heavy atom. The van der Waals surface area contributed by atoms with E-state index >= 15 is 0 Å². The Hall–Kier alpha value is -2.68. The third-order valence-electron chi connectivity index (χ3n) is 5.29. The maximum Gasteiger partial charge on any atom is 0.253 e. The van der Waals surface area contributed by atoms with Crippen molar-refractivity contribution in [3.8, 4) is 0 Å². The van der Waals surface area contributed by atoms with Crippen LogP contribution in [0, 0.1) is 0 Å². The fourth-order valence-electron chi connectivity index (χ4n) is 3.55. The number of amides is 1. The lowest BCUT2D eigenvalue weighted by Gasteiger charge is -2.16. The van der Waals surface area contributed by atoms with Gasteiger partial charge in [-0.2, -0.15) is 4.31 Å². The van der Waals surface area contributed by atoms with Gasteiger partial charge in [-0.05, 0) is 42.2 Å². The SMILES string of the molecule is O=C(NCc1ccc(Cn2ccnc2)cc1)c1cc(S(=O)(=O)N2CCCC2)ccc1Cl. The van der Waals surface area contributed by atoms with Crippen LogP contribution >= 0.6 is 11.6 Å². The Bertz CT molecular complexity index is 1160. The first kappa shape index (κ1) is 21.5. The Labute approximate surface area is 186 Å². The Kier molecular flexibility index (Phi) is 6.41. The minimum absolute atomic E-state index is 0.0906. The summed E-state index contributed by atoms with van der Waals surface area (Å²) in [7, 11) is -3.62. The molecule has 0 bridgehead atoms. The Morgan fingerprint density at radius 1 is 1.06 bits per heavy atom. The van der Waals surface area contributed by atoms with Crippen LogP contribution < -0.4 is 5.32 Å². The third-order valence-corrected chi connectivity index (χ3v) is 7.51. The number of imidazole rings is 1. The molecule has 3 aromatic rings. The first-order valence-corrected chi connectivity index (χ1v) is 11.9. The van der Waals surface area contributed by atoms with Crippen molar-refractivity contribution in [1.29, 1.82) is 0 Å². The van der Waals surface area contributed by atoms with Gasteiger partial charge in [-0.25, -0.2) is 13.4 Å². The molecule has 1 amide bonds. The fourth-order valence-corrected chi connectivity index (χ4v) is 5.29. The highest BCUT2D eigenvalue weighted by Crippen LogP contribution is 2.25. The number of nitrogens with one attached hydrogen (secondary N) is 1. The lowest BCUT2D eigenvalue weighted by Crippen LogP contribution is -2.28. The molecule has 0 aliphatic carbocycles. The van der Waals surface area contributed by atoms with Gasteiger partial charge < -0.3 is 9.88 Å². The second kappa shape index (κ2) is 9.21. The predicted molar refractivity (Wildman–Crippen MR) is 118 cm³/mol. The average Bonchev–Trinajstić information content (AvgIpc) is 3.48. The molecule has 1 aliphatic heterocycles. The number of hydrogen-bond donors (Lipinski definition) is 1. The van der Waals surface area contributed by atoms with Crippen LogP contribution in [0.25, 0.3) is 0 Å². The summed E-state index contributed by atoms with van der Waals surface area (Å²) in [5.74, 6) is -0.411. The van der Waals surface area contributed by atoms with Crippen molar-refractivity contribution < 1.29 is 13.2 Å². The van der Waals surface area contributed by atoms with Gasteiger partial charge in [-0.3, -0.25) is 4.79 Å². The average molecular weight is 459 g/mol. The number of hydrogen-bond acceptors (Lipinski definition) is 4. The van der Waals surface area contributed by atoms with Crippen LogP contribution in [0.2, 0.25) is 5.02 Å². The van der Waals surface area contributed by atoms with Gasteiger partial charge in [0.15, 0.2) is 0 Å². The second-order valence-electron chi connectivity index (χ2n) is 7.49. The lowest BCUT2D eigenvalue weighted by atomic mass is 10.1. The van der Waals surface area contributed by atoms with Crippen LogP contribution in [-0.4, -0.2) is 41.3 Å². The number of benzene rings is 2. The number of aromatic nitrogens is 2. The van der Waals surface area contributed by atoms with Gasteiger partial charge in [0, 0.05) is 38.6 Å². The number of carbonyl (C=O) groups is 1. The minimum Gasteiger partial charge on any atom is -0.348 e. The van der Waals surface area contributed by atoms with Crippen LogP contribution in [0.1, 0.15) is 34.3 Å². The van der Waals surface area contributed by atoms with E-state index in [9.17, 15) is 13.2 Å². The standard InChI is InChI=1S/C22H23ClN4O3S/c23-21-8-7-19(31(29,30)27-10-1-2-11-27)13-20(21)22(28)25-14-17-3-5-18(6-4-17)15-26-12-9-24-16-26/h3-9,12-13,16H,1-2,10-11,14-15H2,(H,25,28). The van der Waals surface area contributed by atoms with E-state index in [4.69, 9.17) is 11.6 Å². The van der Waals surface area contributed by atoms with Crippen molar-refractivity contribution in [2.75, 3.05) is 13.1 Å². The molecule has 4 rings (SSSR count). The van der Waals surface area contributed by atoms with Crippen molar-refractivity contribution in [3.05, 3.63) is 82.9 Å². The molecular formula is C22H23ClN4O3S. The first-order chi connectivity index (χ1) is 14.9. The quantitative estimate of drug-likeness (QED) is 0.588. The van der Waals surface area contributed by atoms with Gasteiger partial charge in [-0.15, -0.1) is 0 Å². The van der Waals surface area contributed by atoms with E-state index in [2.05, 4.69) is 10.3 Å². The Balaban J connectivity index is 1.42. The zero-order chi connectivity index (χ0) is 21.8. The van der Waals surface area contributed by atoms with E-state index in [0.717, 1.165) is 30.5 Å². The molecule has 9 heteroatoms. The van der Waals surface area contributed by atoms with Crippen molar-refractivity contribution in [1.82, 2.24) is 19.2 Å². The third kappa shape index (κ3) is 4.98. The molecule has 162 valence electrons. The summed E-state index contributed by atoms with van der Waals surface area (Å²) in [5.41, 5.74) is 2.20. The van der Waals surface area contributed by atoms with Crippen LogP contribution in [0.5, 0.6) is 0 Å². The Morgan fingerprint density at radius 2 is 1.77 bits per heavy atom. The molecule has 0 unspecified atom stereocenters. The van der Waals surface area contributed by atoms with Crippen LogP contribution in [-0.2, 0) is 23.1 Å². The van der Waals surface area contributed by atoms with Crippen molar-refractivity contribution in [2.45, 2.75) is 30.8 Å². The minimum atomic E-state index is -3.62. The molecule has 1 aromatic heterocycles. The largest absolute Gasteiger partial charge is 0.348 e. The summed E-state index contributed by atoms with van der Waals surface area (Å²) in [6.07, 6.45) is 7.09. The van der Waals surface area contributed by atoms with Gasteiger partial charge in [0.2, 0.25) is 10.0 Å². The molecule has 0 saturated carbocycles. The number of carbonyl (C=O) groups excluding carboxylic acids is 1. The molecule has 0 atom stereocenters. The molecular weight excluding hydrogens is 436 g/mol. The maximum atomic E-state index is 12.8. The van der Waals surface area contributed by atoms with E-state index in [1.54, 1.807) is 12.5 Å². The van der Waals surface area contributed by atoms with Gasteiger partial charge in [0.1, 0.15) is 0 Å². The van der Waals surface area contributed by atoms with Gasteiger partial charge in [-0.1, -0.05) is 35.9 Å². The second-order valence-corrected chi connectivity index (χ2v) is 9.83. The normalized spacial score (nSPS) is 14.6. The highest BCUT2D eigenvalue weighted by Gasteiger charge is 2.28. The molecule has 1 fully saturated rings. The van der Waals surface area contributed by atoms with Crippen molar-refractivity contribution in [2.24, 2.45) is 0 Å². The molecule has 1 N–H and O–H groups in total. The molecule has 7 nitrogen and oxygen atoms in total. The van der Waals surface area contributed by atoms with Crippen LogP contribution in [0.3, 0.4) is 0 Å². The lowest BCUT2D eigenvalue weighted by molar-refractivity contribution is 0.0951. The number of sulfonamides is 1. The molecule has 0 spiro atoms. The topological polar surface area (TPSA) is 84.3 Å². The molecule has 2 heterocycles. The smallest absolute Gasteiger partial charge is 0.253 e. The molecule has 1 saturated heterocycles. The fraction of sp³-hybridized carbons (Fsp3) is 0.273. The summed E-state index contributed by atoms with van der Waals surface area (Å²) < 4.78 is 29.0. The molecule has 2 aromatic carbocycles. The van der Waals surface area contributed by atoms with E-state index < -0.39 is 15.9 Å². The van der Waals surface area contributed by atoms with E-state index in [0.29, 0.717) is 19.6 Å². The van der Waals surface area contributed by atoms with Gasteiger partial charge in [0.25, 0.3) is 5.91 Å². The van der Waals surface area contributed by atoms with Crippen molar-refractivity contribution >= 4 is 27.5 Å². The summed E-state index contributed by atoms with van der Waals surface area (Å²) in [5, 5.41) is 3.04.